The third-order valence-corrected chi connectivity index (χ3v) is 5.01. The van der Waals surface area contributed by atoms with Crippen molar-refractivity contribution in [3.63, 3.8) is 0 Å². The largest absolute Gasteiger partial charge is 0.496 e. The number of benzene rings is 1. The van der Waals surface area contributed by atoms with Crippen molar-refractivity contribution in [1.82, 2.24) is 10.1 Å². The smallest absolute Gasteiger partial charge is 0.164 e. The Kier molecular flexibility index (Phi) is 6.04. The predicted octanol–water partition coefficient (Wildman–Crippen LogP) is 4.13. The number of aromatic nitrogens is 1. The maximum Gasteiger partial charge on any atom is 0.164 e. The van der Waals surface area contributed by atoms with E-state index in [4.69, 9.17) is 18.7 Å². The van der Waals surface area contributed by atoms with Crippen molar-refractivity contribution in [2.45, 2.75) is 45.2 Å². The van der Waals surface area contributed by atoms with Crippen LogP contribution in [0.15, 0.2) is 22.7 Å². The predicted molar refractivity (Wildman–Crippen MR) is 99.0 cm³/mol. The highest BCUT2D eigenvalue weighted by molar-refractivity contribution is 5.50. The molecule has 3 rings (SSSR count). The van der Waals surface area contributed by atoms with Crippen LogP contribution < -0.4 is 14.2 Å². The molecule has 1 aliphatic heterocycles. The minimum absolute atomic E-state index is 0.257. The summed E-state index contributed by atoms with van der Waals surface area (Å²) in [7, 11) is 4.97. The number of aryl methyl sites for hydroxylation is 1. The average molecular weight is 360 g/mol. The first-order chi connectivity index (χ1) is 12.7. The van der Waals surface area contributed by atoms with Crippen molar-refractivity contribution in [3.05, 3.63) is 35.2 Å². The minimum atomic E-state index is 0.257. The molecule has 2 heterocycles. The van der Waals surface area contributed by atoms with Crippen molar-refractivity contribution in [2.75, 3.05) is 27.9 Å². The zero-order valence-corrected chi connectivity index (χ0v) is 16.1. The molecule has 0 radical (unpaired) electrons. The number of methoxy groups -OCH3 is 3. The Morgan fingerprint density at radius 3 is 2.38 bits per heavy atom. The summed E-state index contributed by atoms with van der Waals surface area (Å²) >= 11 is 0. The van der Waals surface area contributed by atoms with E-state index in [0.717, 1.165) is 42.3 Å². The van der Waals surface area contributed by atoms with Gasteiger partial charge in [-0.3, -0.25) is 4.90 Å². The van der Waals surface area contributed by atoms with E-state index in [1.165, 1.54) is 19.3 Å². The van der Waals surface area contributed by atoms with Crippen molar-refractivity contribution in [1.29, 1.82) is 0 Å². The Morgan fingerprint density at radius 1 is 1.00 bits per heavy atom. The Hall–Kier alpha value is -2.21. The standard InChI is InChI=1S/C20H28N2O4/c1-14-10-16(21-26-14)17-8-6-5-7-9-22(17)13-15-11-19(24-3)20(25-4)12-18(15)23-2/h10-12,17H,5-9,13H2,1-4H3/t17-/m1/s1. The Bertz CT molecular complexity index is 729. The summed E-state index contributed by atoms with van der Waals surface area (Å²) in [5, 5.41) is 4.28. The minimum Gasteiger partial charge on any atom is -0.496 e. The molecule has 0 N–H and O–H groups in total. The summed E-state index contributed by atoms with van der Waals surface area (Å²) < 4.78 is 21.8. The van der Waals surface area contributed by atoms with Gasteiger partial charge in [-0.25, -0.2) is 0 Å². The number of rotatable bonds is 6. The molecule has 1 aliphatic rings. The Balaban J connectivity index is 1.91. The van der Waals surface area contributed by atoms with Crippen LogP contribution in [0.5, 0.6) is 17.2 Å². The fraction of sp³-hybridized carbons (Fsp3) is 0.550. The molecule has 0 bridgehead atoms. The van der Waals surface area contributed by atoms with E-state index >= 15 is 0 Å². The lowest BCUT2D eigenvalue weighted by Crippen LogP contribution is -2.28. The van der Waals surface area contributed by atoms with Gasteiger partial charge in [0.2, 0.25) is 0 Å². The van der Waals surface area contributed by atoms with E-state index < -0.39 is 0 Å². The van der Waals surface area contributed by atoms with Crippen molar-refractivity contribution >= 4 is 0 Å². The van der Waals surface area contributed by atoms with Gasteiger partial charge in [-0.15, -0.1) is 0 Å². The highest BCUT2D eigenvalue weighted by Crippen LogP contribution is 2.37. The molecule has 142 valence electrons. The van der Waals surface area contributed by atoms with Crippen LogP contribution in [0.1, 0.15) is 48.7 Å². The summed E-state index contributed by atoms with van der Waals surface area (Å²) in [6.45, 7) is 3.73. The van der Waals surface area contributed by atoms with Crippen molar-refractivity contribution < 1.29 is 18.7 Å². The van der Waals surface area contributed by atoms with E-state index in [-0.39, 0.29) is 6.04 Å². The van der Waals surface area contributed by atoms with Gasteiger partial charge in [-0.05, 0) is 32.4 Å². The van der Waals surface area contributed by atoms with Gasteiger partial charge in [0.25, 0.3) is 0 Å². The van der Waals surface area contributed by atoms with Gasteiger partial charge in [-0.1, -0.05) is 18.0 Å². The average Bonchev–Trinajstić information content (AvgIpc) is 2.95. The van der Waals surface area contributed by atoms with Gasteiger partial charge in [0.15, 0.2) is 11.5 Å². The number of hydrogen-bond donors (Lipinski definition) is 0. The highest BCUT2D eigenvalue weighted by Gasteiger charge is 2.26. The SMILES string of the molecule is COc1cc(OC)c(OC)cc1CN1CCCCC[C@@H]1c1cc(C)on1. The van der Waals surface area contributed by atoms with Crippen molar-refractivity contribution in [3.8, 4) is 17.2 Å². The summed E-state index contributed by atoms with van der Waals surface area (Å²) in [5.74, 6) is 3.05. The van der Waals surface area contributed by atoms with Gasteiger partial charge >= 0.3 is 0 Å². The quantitative estimate of drug-likeness (QED) is 0.772. The molecule has 1 saturated heterocycles. The second kappa shape index (κ2) is 8.45. The zero-order chi connectivity index (χ0) is 18.5. The molecule has 0 saturated carbocycles. The van der Waals surface area contributed by atoms with Crippen molar-refractivity contribution in [2.24, 2.45) is 0 Å². The molecule has 6 heteroatoms. The van der Waals surface area contributed by atoms with E-state index in [1.54, 1.807) is 21.3 Å². The molecular weight excluding hydrogens is 332 g/mol. The Labute approximate surface area is 155 Å². The highest BCUT2D eigenvalue weighted by atomic mass is 16.5. The maximum atomic E-state index is 5.61. The normalized spacial score (nSPS) is 18.4. The molecule has 0 amide bonds. The summed E-state index contributed by atoms with van der Waals surface area (Å²) in [5.41, 5.74) is 2.10. The first-order valence-corrected chi connectivity index (χ1v) is 9.12. The summed E-state index contributed by atoms with van der Waals surface area (Å²) in [6, 6.07) is 6.21. The van der Waals surface area contributed by atoms with Gasteiger partial charge in [0.1, 0.15) is 17.2 Å². The number of hydrogen-bond acceptors (Lipinski definition) is 6. The van der Waals surface area contributed by atoms with Crippen LogP contribution in [0.25, 0.3) is 0 Å². The van der Waals surface area contributed by atoms with Crippen LogP contribution in [0.4, 0.5) is 0 Å². The van der Waals surface area contributed by atoms with E-state index in [9.17, 15) is 0 Å². The van der Waals surface area contributed by atoms with Crippen LogP contribution >= 0.6 is 0 Å². The molecule has 26 heavy (non-hydrogen) atoms. The molecule has 0 aliphatic carbocycles. The van der Waals surface area contributed by atoms with E-state index in [1.807, 2.05) is 19.1 Å². The number of likely N-dealkylation sites (tertiary alicyclic amines) is 1. The summed E-state index contributed by atoms with van der Waals surface area (Å²) in [4.78, 5) is 2.47. The lowest BCUT2D eigenvalue weighted by molar-refractivity contribution is 0.181. The van der Waals surface area contributed by atoms with E-state index in [0.29, 0.717) is 11.5 Å². The molecule has 2 aromatic rings. The van der Waals surface area contributed by atoms with E-state index in [2.05, 4.69) is 16.1 Å². The molecular formula is C20H28N2O4. The molecule has 0 spiro atoms. The molecule has 1 aromatic heterocycles. The first-order valence-electron chi connectivity index (χ1n) is 9.12. The Morgan fingerprint density at radius 2 is 1.73 bits per heavy atom. The molecule has 1 fully saturated rings. The second-order valence-corrected chi connectivity index (χ2v) is 6.72. The lowest BCUT2D eigenvalue weighted by Gasteiger charge is -2.29. The molecule has 0 unspecified atom stereocenters. The number of nitrogens with zero attached hydrogens (tertiary/aromatic N) is 2. The van der Waals surface area contributed by atoms with Gasteiger partial charge < -0.3 is 18.7 Å². The van der Waals surface area contributed by atoms with Gasteiger partial charge in [-0.2, -0.15) is 0 Å². The lowest BCUT2D eigenvalue weighted by atomic mass is 10.0. The fourth-order valence-corrected chi connectivity index (χ4v) is 3.67. The van der Waals surface area contributed by atoms with Crippen LogP contribution in [-0.2, 0) is 6.54 Å². The monoisotopic (exact) mass is 360 g/mol. The van der Waals surface area contributed by atoms with Gasteiger partial charge in [0.05, 0.1) is 27.4 Å². The molecule has 6 nitrogen and oxygen atoms in total. The van der Waals surface area contributed by atoms with Gasteiger partial charge in [0, 0.05) is 24.2 Å². The summed E-state index contributed by atoms with van der Waals surface area (Å²) in [6.07, 6.45) is 4.72. The first kappa shape index (κ1) is 18.6. The molecule has 1 aromatic carbocycles. The zero-order valence-electron chi connectivity index (χ0n) is 16.1. The van der Waals surface area contributed by atoms with Crippen LogP contribution in [0.2, 0.25) is 0 Å². The number of ether oxygens (including phenoxy) is 3. The second-order valence-electron chi connectivity index (χ2n) is 6.72. The third kappa shape index (κ3) is 3.96. The topological polar surface area (TPSA) is 57.0 Å². The van der Waals surface area contributed by atoms with Crippen LogP contribution in [0, 0.1) is 6.92 Å². The fourth-order valence-electron chi connectivity index (χ4n) is 3.67. The maximum absolute atomic E-state index is 5.61. The molecule has 1 atom stereocenters. The third-order valence-electron chi connectivity index (χ3n) is 5.01. The van der Waals surface area contributed by atoms with Crippen LogP contribution in [-0.4, -0.2) is 37.9 Å². The van der Waals surface area contributed by atoms with Crippen LogP contribution in [0.3, 0.4) is 0 Å².